The van der Waals surface area contributed by atoms with Crippen LogP contribution in [0.3, 0.4) is 0 Å². The number of ketones is 1. The number of nitrogens with one attached hydrogen (secondary N) is 1. The van der Waals surface area contributed by atoms with Crippen molar-refractivity contribution in [2.24, 2.45) is 0 Å². The van der Waals surface area contributed by atoms with Crippen molar-refractivity contribution in [3.05, 3.63) is 57.9 Å². The van der Waals surface area contributed by atoms with Crippen LogP contribution in [0.25, 0.3) is 10.9 Å². The summed E-state index contributed by atoms with van der Waals surface area (Å²) in [6, 6.07) is 12.0. The molecule has 0 spiro atoms. The molecule has 0 unspecified atom stereocenters. The Kier molecular flexibility index (Phi) is 4.14. The van der Waals surface area contributed by atoms with Gasteiger partial charge >= 0.3 is 0 Å². The molecule has 1 N–H and O–H groups in total. The zero-order valence-electron chi connectivity index (χ0n) is 13.1. The zero-order chi connectivity index (χ0) is 15.7. The van der Waals surface area contributed by atoms with E-state index in [4.69, 9.17) is 0 Å². The van der Waals surface area contributed by atoms with Crippen LogP contribution in [0.15, 0.2) is 41.8 Å². The maximum Gasteiger partial charge on any atom is 0.182 e. The van der Waals surface area contributed by atoms with Gasteiger partial charge in [-0.3, -0.25) is 9.69 Å². The SMILES string of the molecule is Cc1[nH]c2ccccc2c1C(=O)[C@H](C)N(C)Cc1cccs1. The van der Waals surface area contributed by atoms with Crippen LogP contribution in [0.4, 0.5) is 0 Å². The number of likely N-dealkylation sites (N-methyl/N-ethyl adjacent to an activating group) is 1. The number of aromatic amines is 1. The number of para-hydroxylation sites is 1. The van der Waals surface area contributed by atoms with Crippen LogP contribution in [0.1, 0.15) is 27.9 Å². The Labute approximate surface area is 134 Å². The summed E-state index contributed by atoms with van der Waals surface area (Å²) in [5.74, 6) is 0.175. The summed E-state index contributed by atoms with van der Waals surface area (Å²) in [4.78, 5) is 19.6. The summed E-state index contributed by atoms with van der Waals surface area (Å²) < 4.78 is 0. The molecule has 1 aromatic carbocycles. The Balaban J connectivity index is 1.87. The van der Waals surface area contributed by atoms with E-state index in [1.807, 2.05) is 51.2 Å². The van der Waals surface area contributed by atoms with Gasteiger partial charge in [0, 0.05) is 33.6 Å². The standard InChI is InChI=1S/C18H20N2OS/c1-12-17(15-8-4-5-9-16(15)19-12)18(21)13(2)20(3)11-14-7-6-10-22-14/h4-10,13,19H,11H2,1-3H3/t13-/m0/s1. The summed E-state index contributed by atoms with van der Waals surface area (Å²) >= 11 is 1.72. The van der Waals surface area contributed by atoms with Gasteiger partial charge < -0.3 is 4.98 Å². The van der Waals surface area contributed by atoms with Crippen molar-refractivity contribution in [2.45, 2.75) is 26.4 Å². The molecule has 0 saturated carbocycles. The van der Waals surface area contributed by atoms with Crippen LogP contribution < -0.4 is 0 Å². The van der Waals surface area contributed by atoms with Crippen LogP contribution in [-0.4, -0.2) is 28.8 Å². The number of fused-ring (bicyclic) bond motifs is 1. The summed E-state index contributed by atoms with van der Waals surface area (Å²) in [5.41, 5.74) is 2.79. The number of H-pyrrole nitrogens is 1. The van der Waals surface area contributed by atoms with Gasteiger partial charge in [-0.15, -0.1) is 11.3 Å². The Morgan fingerprint density at radius 3 is 2.77 bits per heavy atom. The molecule has 0 aliphatic heterocycles. The van der Waals surface area contributed by atoms with Crippen molar-refractivity contribution in [1.29, 1.82) is 0 Å². The molecule has 114 valence electrons. The first-order chi connectivity index (χ1) is 10.6. The van der Waals surface area contributed by atoms with E-state index in [1.165, 1.54) is 4.88 Å². The van der Waals surface area contributed by atoms with E-state index >= 15 is 0 Å². The van der Waals surface area contributed by atoms with E-state index < -0.39 is 0 Å². The number of aryl methyl sites for hydroxylation is 1. The molecule has 0 aliphatic carbocycles. The third kappa shape index (κ3) is 2.72. The maximum absolute atomic E-state index is 13.0. The quantitative estimate of drug-likeness (QED) is 0.715. The lowest BCUT2D eigenvalue weighted by Crippen LogP contribution is -2.35. The smallest absolute Gasteiger partial charge is 0.182 e. The largest absolute Gasteiger partial charge is 0.358 e. The molecule has 22 heavy (non-hydrogen) atoms. The predicted molar refractivity (Wildman–Crippen MR) is 92.6 cm³/mol. The number of carbonyl (C=O) groups excluding carboxylic acids is 1. The summed E-state index contributed by atoms with van der Waals surface area (Å²) in [7, 11) is 2.01. The van der Waals surface area contributed by atoms with Crippen molar-refractivity contribution in [3.63, 3.8) is 0 Å². The molecule has 0 saturated heterocycles. The Morgan fingerprint density at radius 1 is 1.27 bits per heavy atom. The highest BCUT2D eigenvalue weighted by Crippen LogP contribution is 2.24. The highest BCUT2D eigenvalue weighted by atomic mass is 32.1. The molecule has 0 radical (unpaired) electrons. The lowest BCUT2D eigenvalue weighted by atomic mass is 10.0. The second-order valence-corrected chi connectivity index (χ2v) is 6.74. The molecule has 0 fully saturated rings. The van der Waals surface area contributed by atoms with Gasteiger partial charge in [0.2, 0.25) is 0 Å². The molecule has 1 atom stereocenters. The van der Waals surface area contributed by atoms with E-state index in [0.717, 1.165) is 28.7 Å². The van der Waals surface area contributed by atoms with Crippen molar-refractivity contribution < 1.29 is 4.79 Å². The maximum atomic E-state index is 13.0. The first kappa shape index (κ1) is 15.0. The number of aromatic nitrogens is 1. The molecule has 3 rings (SSSR count). The van der Waals surface area contributed by atoms with Crippen molar-refractivity contribution in [3.8, 4) is 0 Å². The van der Waals surface area contributed by atoms with Crippen LogP contribution in [0.5, 0.6) is 0 Å². The fourth-order valence-corrected chi connectivity index (χ4v) is 3.56. The fraction of sp³-hybridized carbons (Fsp3) is 0.278. The molecular formula is C18H20N2OS. The summed E-state index contributed by atoms with van der Waals surface area (Å²) in [6.07, 6.45) is 0. The highest BCUT2D eigenvalue weighted by Gasteiger charge is 2.24. The lowest BCUT2D eigenvalue weighted by molar-refractivity contribution is 0.0864. The third-order valence-electron chi connectivity index (χ3n) is 4.17. The van der Waals surface area contributed by atoms with E-state index in [1.54, 1.807) is 11.3 Å². The second-order valence-electron chi connectivity index (χ2n) is 5.71. The molecule has 0 amide bonds. The fourth-order valence-electron chi connectivity index (χ4n) is 2.79. The van der Waals surface area contributed by atoms with Crippen molar-refractivity contribution >= 4 is 28.0 Å². The third-order valence-corrected chi connectivity index (χ3v) is 5.03. The minimum Gasteiger partial charge on any atom is -0.358 e. The van der Waals surface area contributed by atoms with Gasteiger partial charge in [0.25, 0.3) is 0 Å². The minimum atomic E-state index is -0.153. The lowest BCUT2D eigenvalue weighted by Gasteiger charge is -2.23. The zero-order valence-corrected chi connectivity index (χ0v) is 13.9. The van der Waals surface area contributed by atoms with Gasteiger partial charge in [-0.25, -0.2) is 0 Å². The van der Waals surface area contributed by atoms with Crippen LogP contribution in [0.2, 0.25) is 0 Å². The number of carbonyl (C=O) groups is 1. The van der Waals surface area contributed by atoms with Gasteiger partial charge in [0.15, 0.2) is 5.78 Å². The number of Topliss-reactive ketones (excluding diaryl/α,β-unsaturated/α-hetero) is 1. The number of hydrogen-bond acceptors (Lipinski definition) is 3. The number of rotatable bonds is 5. The molecule has 2 heterocycles. The normalized spacial score (nSPS) is 12.9. The predicted octanol–water partition coefficient (Wildman–Crippen LogP) is 4.24. The molecule has 3 aromatic rings. The number of nitrogens with zero attached hydrogens (tertiary/aromatic N) is 1. The Bertz CT molecular complexity index is 789. The summed E-state index contributed by atoms with van der Waals surface area (Å²) in [6.45, 7) is 4.75. The minimum absolute atomic E-state index is 0.153. The number of hydrogen-bond donors (Lipinski definition) is 1. The molecule has 2 aromatic heterocycles. The average Bonchev–Trinajstić information content (AvgIpc) is 3.12. The Morgan fingerprint density at radius 2 is 2.05 bits per heavy atom. The first-order valence-corrected chi connectivity index (χ1v) is 8.30. The summed E-state index contributed by atoms with van der Waals surface area (Å²) in [5, 5.41) is 3.08. The number of thiophene rings is 1. The molecular weight excluding hydrogens is 292 g/mol. The van der Waals surface area contributed by atoms with Gasteiger partial charge in [-0.2, -0.15) is 0 Å². The highest BCUT2D eigenvalue weighted by molar-refractivity contribution is 7.09. The first-order valence-electron chi connectivity index (χ1n) is 7.42. The van der Waals surface area contributed by atoms with E-state index in [9.17, 15) is 4.79 Å². The van der Waals surface area contributed by atoms with Gasteiger partial charge in [0.05, 0.1) is 6.04 Å². The van der Waals surface area contributed by atoms with Crippen LogP contribution >= 0.6 is 11.3 Å². The van der Waals surface area contributed by atoms with Crippen LogP contribution in [-0.2, 0) is 6.54 Å². The average molecular weight is 312 g/mol. The monoisotopic (exact) mass is 312 g/mol. The topological polar surface area (TPSA) is 36.1 Å². The molecule has 4 heteroatoms. The number of benzene rings is 1. The molecule has 0 bridgehead atoms. The van der Waals surface area contributed by atoms with Gasteiger partial charge in [-0.1, -0.05) is 24.3 Å². The Hall–Kier alpha value is -1.91. The van der Waals surface area contributed by atoms with E-state index in [2.05, 4.69) is 21.3 Å². The van der Waals surface area contributed by atoms with Crippen LogP contribution in [0, 0.1) is 6.92 Å². The van der Waals surface area contributed by atoms with E-state index in [0.29, 0.717) is 0 Å². The van der Waals surface area contributed by atoms with Gasteiger partial charge in [0.1, 0.15) is 0 Å². The van der Waals surface area contributed by atoms with Crippen molar-refractivity contribution in [2.75, 3.05) is 7.05 Å². The molecule has 0 aliphatic rings. The van der Waals surface area contributed by atoms with Crippen molar-refractivity contribution in [1.82, 2.24) is 9.88 Å². The molecule has 3 nitrogen and oxygen atoms in total. The van der Waals surface area contributed by atoms with Gasteiger partial charge in [-0.05, 0) is 38.4 Å². The second kappa shape index (κ2) is 6.07. The van der Waals surface area contributed by atoms with E-state index in [-0.39, 0.29) is 11.8 Å².